The van der Waals surface area contributed by atoms with Crippen LogP contribution in [0, 0.1) is 13.8 Å². The molecular weight excluding hydrogens is 326 g/mol. The van der Waals surface area contributed by atoms with Crippen LogP contribution in [0.2, 0.25) is 5.02 Å². The maximum Gasteiger partial charge on any atom is 0.305 e. The van der Waals surface area contributed by atoms with E-state index in [1.54, 1.807) is 0 Å². The van der Waals surface area contributed by atoms with Crippen molar-refractivity contribution in [1.82, 2.24) is 5.32 Å². The predicted molar refractivity (Wildman–Crippen MR) is 87.7 cm³/mol. The Morgan fingerprint density at radius 3 is 2.91 bits per heavy atom. The van der Waals surface area contributed by atoms with Crippen molar-refractivity contribution < 1.29 is 14.7 Å². The van der Waals surface area contributed by atoms with Crippen molar-refractivity contribution in [3.05, 3.63) is 33.8 Å². The molecule has 0 aliphatic carbocycles. The van der Waals surface area contributed by atoms with Crippen molar-refractivity contribution in [3.8, 4) is 0 Å². The van der Waals surface area contributed by atoms with Gasteiger partial charge in [-0.25, -0.2) is 0 Å². The molecule has 6 nitrogen and oxygen atoms in total. The molecule has 1 unspecified atom stereocenters. The summed E-state index contributed by atoms with van der Waals surface area (Å²) in [6.45, 7) is 3.86. The fraction of sp³-hybridized carbons (Fsp3) is 0.286. The van der Waals surface area contributed by atoms with Crippen molar-refractivity contribution in [2.24, 2.45) is 10.2 Å². The second kappa shape index (κ2) is 6.93. The molecule has 0 radical (unpaired) electrons. The molecule has 8 heteroatoms. The number of benzene rings is 1. The number of nitrogens with zero attached hydrogens (tertiary/aromatic N) is 2. The summed E-state index contributed by atoms with van der Waals surface area (Å²) in [5.74, 6) is -1.40. The SMILES string of the molecule is Cc1cc(C)c(Cl)c(C=NN=C2NC(=O)C(CC(=O)O)S2)c1. The van der Waals surface area contributed by atoms with Gasteiger partial charge in [-0.1, -0.05) is 35.0 Å². The quantitative estimate of drug-likeness (QED) is 0.650. The van der Waals surface area contributed by atoms with Crippen LogP contribution in [-0.4, -0.2) is 33.6 Å². The van der Waals surface area contributed by atoms with Crippen LogP contribution in [0.1, 0.15) is 23.1 Å². The number of nitrogens with one attached hydrogen (secondary N) is 1. The molecule has 1 atom stereocenters. The standard InChI is InChI=1S/C14H14ClN3O3S/c1-7-3-8(2)12(15)9(4-7)6-16-18-14-17-13(21)10(22-14)5-11(19)20/h3-4,6,10H,5H2,1-2H3,(H,19,20)(H,17,18,21). The topological polar surface area (TPSA) is 91.1 Å². The molecular formula is C14H14ClN3O3S. The number of carbonyl (C=O) groups is 2. The van der Waals surface area contributed by atoms with E-state index in [9.17, 15) is 9.59 Å². The molecule has 1 amide bonds. The number of hydrogen-bond donors (Lipinski definition) is 2. The second-order valence-corrected chi connectivity index (χ2v) is 6.40. The van der Waals surface area contributed by atoms with E-state index >= 15 is 0 Å². The molecule has 0 spiro atoms. The Bertz CT molecular complexity index is 688. The van der Waals surface area contributed by atoms with Gasteiger partial charge in [0.05, 0.1) is 17.7 Å². The van der Waals surface area contributed by atoms with Crippen LogP contribution in [0.25, 0.3) is 0 Å². The zero-order chi connectivity index (χ0) is 16.3. The molecule has 0 bridgehead atoms. The van der Waals surface area contributed by atoms with Gasteiger partial charge >= 0.3 is 5.97 Å². The van der Waals surface area contributed by atoms with E-state index in [-0.39, 0.29) is 17.5 Å². The third kappa shape index (κ3) is 4.08. The zero-order valence-corrected chi connectivity index (χ0v) is 13.5. The van der Waals surface area contributed by atoms with Gasteiger partial charge in [0.15, 0.2) is 5.17 Å². The summed E-state index contributed by atoms with van der Waals surface area (Å²) in [6, 6.07) is 3.85. The minimum atomic E-state index is -1.03. The van der Waals surface area contributed by atoms with Crippen LogP contribution in [0.5, 0.6) is 0 Å². The summed E-state index contributed by atoms with van der Waals surface area (Å²) >= 11 is 7.24. The van der Waals surface area contributed by atoms with Gasteiger partial charge in [-0.2, -0.15) is 5.10 Å². The molecule has 1 aromatic carbocycles. The first kappa shape index (κ1) is 16.5. The van der Waals surface area contributed by atoms with Gasteiger partial charge < -0.3 is 10.4 Å². The minimum Gasteiger partial charge on any atom is -0.481 e. The summed E-state index contributed by atoms with van der Waals surface area (Å²) in [6.07, 6.45) is 1.26. The number of rotatable bonds is 4. The third-order valence-corrected chi connectivity index (χ3v) is 4.50. The van der Waals surface area contributed by atoms with Gasteiger partial charge in [0.25, 0.3) is 0 Å². The van der Waals surface area contributed by atoms with Gasteiger partial charge in [-0.05, 0) is 25.5 Å². The summed E-state index contributed by atoms with van der Waals surface area (Å²) in [5, 5.41) is 19.2. The molecule has 0 aromatic heterocycles. The highest BCUT2D eigenvalue weighted by molar-refractivity contribution is 8.15. The van der Waals surface area contributed by atoms with E-state index in [1.807, 2.05) is 26.0 Å². The Balaban J connectivity index is 2.09. The van der Waals surface area contributed by atoms with E-state index in [0.717, 1.165) is 28.5 Å². The highest BCUT2D eigenvalue weighted by atomic mass is 35.5. The van der Waals surface area contributed by atoms with E-state index in [0.29, 0.717) is 5.02 Å². The Morgan fingerprint density at radius 2 is 2.23 bits per heavy atom. The average molecular weight is 340 g/mol. The van der Waals surface area contributed by atoms with Crippen LogP contribution in [0.4, 0.5) is 0 Å². The number of carboxylic acids is 1. The largest absolute Gasteiger partial charge is 0.481 e. The summed E-state index contributed by atoms with van der Waals surface area (Å²) < 4.78 is 0. The summed E-state index contributed by atoms with van der Waals surface area (Å²) in [5.41, 5.74) is 2.74. The first-order valence-corrected chi connectivity index (χ1v) is 7.69. The molecule has 1 aliphatic heterocycles. The third-order valence-electron chi connectivity index (χ3n) is 2.91. The highest BCUT2D eigenvalue weighted by Crippen LogP contribution is 2.23. The lowest BCUT2D eigenvalue weighted by Gasteiger charge is -2.03. The number of carbonyl (C=O) groups excluding carboxylic acids is 1. The van der Waals surface area contributed by atoms with Crippen LogP contribution >= 0.6 is 23.4 Å². The number of aliphatic carboxylic acids is 1. The van der Waals surface area contributed by atoms with Crippen LogP contribution < -0.4 is 5.32 Å². The Morgan fingerprint density at radius 1 is 1.50 bits per heavy atom. The van der Waals surface area contributed by atoms with Crippen molar-refractivity contribution in [2.45, 2.75) is 25.5 Å². The number of thioether (sulfide) groups is 1. The predicted octanol–water partition coefficient (Wildman–Crippen LogP) is 2.35. The molecule has 0 saturated carbocycles. The second-order valence-electron chi connectivity index (χ2n) is 4.83. The number of hydrogen-bond acceptors (Lipinski definition) is 5. The lowest BCUT2D eigenvalue weighted by molar-refractivity contribution is -0.138. The monoisotopic (exact) mass is 339 g/mol. The molecule has 1 fully saturated rings. The fourth-order valence-electron chi connectivity index (χ4n) is 1.97. The average Bonchev–Trinajstić information content (AvgIpc) is 2.75. The number of carboxylic acid groups (broad SMARTS) is 1. The maximum absolute atomic E-state index is 11.5. The van der Waals surface area contributed by atoms with E-state index in [4.69, 9.17) is 16.7 Å². The van der Waals surface area contributed by atoms with E-state index in [2.05, 4.69) is 15.5 Å². The van der Waals surface area contributed by atoms with Crippen molar-refractivity contribution in [3.63, 3.8) is 0 Å². The minimum absolute atomic E-state index is 0.248. The lowest BCUT2D eigenvalue weighted by Crippen LogP contribution is -2.26. The van der Waals surface area contributed by atoms with Crippen molar-refractivity contribution >= 4 is 46.6 Å². The summed E-state index contributed by atoms with van der Waals surface area (Å²) in [4.78, 5) is 22.2. The van der Waals surface area contributed by atoms with Gasteiger partial charge in [0, 0.05) is 5.56 Å². The normalized spacial score (nSPS) is 19.9. The molecule has 1 aromatic rings. The Kier molecular flexibility index (Phi) is 5.20. The van der Waals surface area contributed by atoms with Crippen molar-refractivity contribution in [2.75, 3.05) is 0 Å². The maximum atomic E-state index is 11.5. The molecule has 2 rings (SSSR count). The van der Waals surface area contributed by atoms with Gasteiger partial charge in [0.2, 0.25) is 5.91 Å². The lowest BCUT2D eigenvalue weighted by atomic mass is 10.1. The molecule has 116 valence electrons. The highest BCUT2D eigenvalue weighted by Gasteiger charge is 2.32. The number of aryl methyl sites for hydroxylation is 2. The Hall–Kier alpha value is -1.86. The smallest absolute Gasteiger partial charge is 0.305 e. The number of amidine groups is 1. The van der Waals surface area contributed by atoms with Gasteiger partial charge in [0.1, 0.15) is 5.25 Å². The zero-order valence-electron chi connectivity index (χ0n) is 12.0. The molecule has 1 heterocycles. The van der Waals surface area contributed by atoms with E-state index < -0.39 is 11.2 Å². The first-order chi connectivity index (χ1) is 10.4. The number of amides is 1. The number of halogens is 1. The Labute approximate surface area is 136 Å². The first-order valence-electron chi connectivity index (χ1n) is 6.44. The van der Waals surface area contributed by atoms with E-state index in [1.165, 1.54) is 6.21 Å². The molecule has 22 heavy (non-hydrogen) atoms. The van der Waals surface area contributed by atoms with Crippen molar-refractivity contribution in [1.29, 1.82) is 0 Å². The van der Waals surface area contributed by atoms with Crippen LogP contribution in [0.15, 0.2) is 22.3 Å². The molecule has 1 aliphatic rings. The molecule has 1 saturated heterocycles. The van der Waals surface area contributed by atoms with Gasteiger partial charge in [-0.15, -0.1) is 5.10 Å². The fourth-order valence-corrected chi connectivity index (χ4v) is 3.04. The van der Waals surface area contributed by atoms with Gasteiger partial charge in [-0.3, -0.25) is 9.59 Å². The van der Waals surface area contributed by atoms with Crippen LogP contribution in [-0.2, 0) is 9.59 Å². The van der Waals surface area contributed by atoms with Crippen LogP contribution in [0.3, 0.4) is 0 Å². The molecule has 2 N–H and O–H groups in total. The summed E-state index contributed by atoms with van der Waals surface area (Å²) in [7, 11) is 0.